The molecule has 0 radical (unpaired) electrons. The van der Waals surface area contributed by atoms with Crippen molar-refractivity contribution in [3.63, 3.8) is 0 Å². The summed E-state index contributed by atoms with van der Waals surface area (Å²) in [5, 5.41) is 15.4. The van der Waals surface area contributed by atoms with E-state index in [1.807, 2.05) is 0 Å². The number of carbonyl (C=O) groups is 2. The summed E-state index contributed by atoms with van der Waals surface area (Å²) in [6.45, 7) is 0. The molecular formula is C14H9FN4O3. The molecule has 2 N–H and O–H groups in total. The van der Waals surface area contributed by atoms with Crippen LogP contribution in [0.3, 0.4) is 0 Å². The normalized spacial score (nSPS) is 10.6. The third-order valence-corrected chi connectivity index (χ3v) is 2.95. The van der Waals surface area contributed by atoms with Gasteiger partial charge in [0.15, 0.2) is 5.65 Å². The summed E-state index contributed by atoms with van der Waals surface area (Å²) < 4.78 is 14.1. The van der Waals surface area contributed by atoms with Crippen LogP contribution in [-0.4, -0.2) is 31.6 Å². The van der Waals surface area contributed by atoms with Crippen LogP contribution in [0, 0.1) is 5.82 Å². The number of amides is 1. The number of carbonyl (C=O) groups excluding carboxylic acids is 1. The Morgan fingerprint density at radius 2 is 1.91 bits per heavy atom. The average molecular weight is 300 g/mol. The highest BCUT2D eigenvalue weighted by Gasteiger charge is 2.13. The van der Waals surface area contributed by atoms with Crippen LogP contribution in [0.15, 0.2) is 42.9 Å². The Morgan fingerprint density at radius 1 is 1.18 bits per heavy atom. The number of hydrogen-bond acceptors (Lipinski definition) is 4. The number of fused-ring (bicyclic) bond motifs is 1. The van der Waals surface area contributed by atoms with Gasteiger partial charge in [0.25, 0.3) is 5.91 Å². The van der Waals surface area contributed by atoms with E-state index in [4.69, 9.17) is 5.11 Å². The van der Waals surface area contributed by atoms with Crippen molar-refractivity contribution in [3.05, 3.63) is 59.8 Å². The molecule has 0 saturated carbocycles. The molecule has 1 amide bonds. The van der Waals surface area contributed by atoms with Crippen LogP contribution < -0.4 is 5.32 Å². The van der Waals surface area contributed by atoms with E-state index in [1.165, 1.54) is 47.4 Å². The Bertz CT molecular complexity index is 873. The molecule has 0 spiro atoms. The number of aromatic nitrogens is 3. The van der Waals surface area contributed by atoms with Crippen LogP contribution in [0.2, 0.25) is 0 Å². The molecule has 110 valence electrons. The number of rotatable bonds is 3. The van der Waals surface area contributed by atoms with Gasteiger partial charge in [0, 0.05) is 5.56 Å². The van der Waals surface area contributed by atoms with Gasteiger partial charge in [-0.1, -0.05) is 0 Å². The monoisotopic (exact) mass is 300 g/mol. The number of halogens is 1. The Kier molecular flexibility index (Phi) is 3.26. The lowest BCUT2D eigenvalue weighted by atomic mass is 10.2. The number of carboxylic acids is 1. The molecule has 0 aliphatic rings. The first-order valence-electron chi connectivity index (χ1n) is 6.18. The third-order valence-electron chi connectivity index (χ3n) is 2.95. The minimum Gasteiger partial charge on any atom is -0.477 e. The van der Waals surface area contributed by atoms with Crippen LogP contribution in [0.1, 0.15) is 20.7 Å². The lowest BCUT2D eigenvalue weighted by Gasteiger charge is -2.05. The molecule has 0 unspecified atom stereocenters. The van der Waals surface area contributed by atoms with Crippen LogP contribution in [0.4, 0.5) is 10.1 Å². The lowest BCUT2D eigenvalue weighted by Crippen LogP contribution is -2.12. The number of nitrogens with one attached hydrogen (secondary N) is 1. The fraction of sp³-hybridized carbons (Fsp3) is 0. The Balaban J connectivity index is 1.86. The second kappa shape index (κ2) is 5.24. The quantitative estimate of drug-likeness (QED) is 0.769. The van der Waals surface area contributed by atoms with Crippen molar-refractivity contribution in [2.45, 2.75) is 0 Å². The van der Waals surface area contributed by atoms with E-state index in [1.54, 1.807) is 0 Å². The summed E-state index contributed by atoms with van der Waals surface area (Å²) >= 11 is 0. The molecule has 2 aromatic heterocycles. The van der Waals surface area contributed by atoms with Gasteiger partial charge in [-0.15, -0.1) is 0 Å². The van der Waals surface area contributed by atoms with Crippen molar-refractivity contribution in [1.82, 2.24) is 14.6 Å². The Hall–Kier alpha value is -3.29. The second-order valence-corrected chi connectivity index (χ2v) is 4.44. The van der Waals surface area contributed by atoms with Crippen LogP contribution >= 0.6 is 0 Å². The Morgan fingerprint density at radius 3 is 2.59 bits per heavy atom. The molecule has 1 aromatic carbocycles. The summed E-state index contributed by atoms with van der Waals surface area (Å²) in [6, 6.07) is 5.08. The minimum atomic E-state index is -1.13. The van der Waals surface area contributed by atoms with Crippen molar-refractivity contribution in [3.8, 4) is 0 Å². The second-order valence-electron chi connectivity index (χ2n) is 4.44. The molecule has 8 heteroatoms. The highest BCUT2D eigenvalue weighted by atomic mass is 19.1. The van der Waals surface area contributed by atoms with Gasteiger partial charge in [-0.2, -0.15) is 5.10 Å². The molecule has 2 heterocycles. The van der Waals surface area contributed by atoms with Crippen molar-refractivity contribution < 1.29 is 19.1 Å². The molecule has 0 atom stereocenters. The predicted octanol–water partition coefficient (Wildman–Crippen LogP) is 1.82. The molecule has 3 aromatic rings. The van der Waals surface area contributed by atoms with Crippen molar-refractivity contribution >= 4 is 23.2 Å². The summed E-state index contributed by atoms with van der Waals surface area (Å²) in [6.07, 6.45) is 3.94. The fourth-order valence-corrected chi connectivity index (χ4v) is 1.89. The van der Waals surface area contributed by atoms with Gasteiger partial charge in [0.05, 0.1) is 24.3 Å². The van der Waals surface area contributed by atoms with E-state index in [0.29, 0.717) is 5.69 Å². The molecule has 0 aliphatic carbocycles. The van der Waals surface area contributed by atoms with Crippen molar-refractivity contribution in [2.75, 3.05) is 5.32 Å². The molecule has 22 heavy (non-hydrogen) atoms. The first-order chi connectivity index (χ1) is 10.5. The number of benzene rings is 1. The van der Waals surface area contributed by atoms with Gasteiger partial charge in [-0.25, -0.2) is 18.7 Å². The average Bonchev–Trinajstić information content (AvgIpc) is 2.91. The van der Waals surface area contributed by atoms with Crippen molar-refractivity contribution in [2.24, 2.45) is 0 Å². The minimum absolute atomic E-state index is 0.0311. The summed E-state index contributed by atoms with van der Waals surface area (Å²) in [5.74, 6) is -2.00. The lowest BCUT2D eigenvalue weighted by molar-refractivity contribution is 0.0698. The van der Waals surface area contributed by atoms with Crippen LogP contribution in [-0.2, 0) is 0 Å². The van der Waals surface area contributed by atoms with Crippen LogP contribution in [0.25, 0.3) is 5.65 Å². The first-order valence-corrected chi connectivity index (χ1v) is 6.18. The van der Waals surface area contributed by atoms with Gasteiger partial charge >= 0.3 is 5.97 Å². The highest BCUT2D eigenvalue weighted by Crippen LogP contribution is 2.13. The molecule has 7 nitrogen and oxygen atoms in total. The third kappa shape index (κ3) is 2.49. The molecule has 3 rings (SSSR count). The van der Waals surface area contributed by atoms with Gasteiger partial charge in [0.2, 0.25) is 0 Å². The van der Waals surface area contributed by atoms with E-state index in [0.717, 1.165) is 0 Å². The zero-order valence-electron chi connectivity index (χ0n) is 11.0. The van der Waals surface area contributed by atoms with E-state index in [9.17, 15) is 14.0 Å². The number of nitrogens with zero attached hydrogens (tertiary/aromatic N) is 3. The first kappa shape index (κ1) is 13.7. The summed E-state index contributed by atoms with van der Waals surface area (Å²) in [4.78, 5) is 26.9. The predicted molar refractivity (Wildman–Crippen MR) is 74.3 cm³/mol. The highest BCUT2D eigenvalue weighted by molar-refractivity contribution is 6.04. The number of aromatic carboxylic acids is 1. The maximum atomic E-state index is 12.8. The number of anilines is 1. The summed E-state index contributed by atoms with van der Waals surface area (Å²) in [7, 11) is 0. The summed E-state index contributed by atoms with van der Waals surface area (Å²) in [5.41, 5.74) is 0.763. The topological polar surface area (TPSA) is 96.6 Å². The van der Waals surface area contributed by atoms with Gasteiger partial charge < -0.3 is 10.4 Å². The van der Waals surface area contributed by atoms with E-state index in [-0.39, 0.29) is 16.8 Å². The SMILES string of the molecule is O=C(Nc1cnc2c(C(=O)O)cnn2c1)c1ccc(F)cc1. The van der Waals surface area contributed by atoms with Crippen molar-refractivity contribution in [1.29, 1.82) is 0 Å². The van der Waals surface area contributed by atoms with Gasteiger partial charge in [0.1, 0.15) is 11.4 Å². The molecule has 0 bridgehead atoms. The maximum Gasteiger partial charge on any atom is 0.341 e. The number of hydrogen-bond donors (Lipinski definition) is 2. The zero-order valence-corrected chi connectivity index (χ0v) is 11.0. The standard InChI is InChI=1S/C14H9FN4O3/c15-9-3-1-8(2-4-9)13(20)18-10-5-16-12-11(14(21)22)6-17-19(12)7-10/h1-7H,(H,18,20)(H,21,22). The smallest absolute Gasteiger partial charge is 0.341 e. The van der Waals surface area contributed by atoms with Gasteiger partial charge in [-0.05, 0) is 24.3 Å². The fourth-order valence-electron chi connectivity index (χ4n) is 1.89. The molecule has 0 fully saturated rings. The molecule has 0 saturated heterocycles. The van der Waals surface area contributed by atoms with E-state index < -0.39 is 17.7 Å². The van der Waals surface area contributed by atoms with E-state index >= 15 is 0 Å². The van der Waals surface area contributed by atoms with E-state index in [2.05, 4.69) is 15.4 Å². The molecular weight excluding hydrogens is 291 g/mol. The number of carboxylic acid groups (broad SMARTS) is 1. The Labute approximate surface area is 123 Å². The van der Waals surface area contributed by atoms with Gasteiger partial charge in [-0.3, -0.25) is 4.79 Å². The molecule has 0 aliphatic heterocycles. The largest absolute Gasteiger partial charge is 0.477 e. The maximum absolute atomic E-state index is 12.8. The zero-order chi connectivity index (χ0) is 15.7. The van der Waals surface area contributed by atoms with Crippen LogP contribution in [0.5, 0.6) is 0 Å².